The fourth-order valence-corrected chi connectivity index (χ4v) is 3.06. The van der Waals surface area contributed by atoms with Gasteiger partial charge in [-0.05, 0) is 44.6 Å². The minimum atomic E-state index is 0.277. The molecule has 1 fully saturated rings. The van der Waals surface area contributed by atoms with Crippen LogP contribution < -0.4 is 5.32 Å². The molecule has 0 bridgehead atoms. The minimum absolute atomic E-state index is 0.277. The summed E-state index contributed by atoms with van der Waals surface area (Å²) in [4.78, 5) is 2.26. The molecule has 2 rings (SSSR count). The number of aryl methyl sites for hydroxylation is 1. The second kappa shape index (κ2) is 5.02. The second-order valence-corrected chi connectivity index (χ2v) is 6.35. The van der Waals surface area contributed by atoms with Crippen LogP contribution in [0.2, 0.25) is 0 Å². The standard InChI is InChI=1S/C16H26N2/c1-12-6-7-15(14(8-12)10-18(4)5)16(3)11-17-9-13(16)2/h6-8,13,17H,9-11H2,1-5H3. The van der Waals surface area contributed by atoms with E-state index in [9.17, 15) is 0 Å². The van der Waals surface area contributed by atoms with E-state index in [-0.39, 0.29) is 5.41 Å². The molecular weight excluding hydrogens is 220 g/mol. The Kier molecular flexibility index (Phi) is 3.79. The monoisotopic (exact) mass is 246 g/mol. The summed E-state index contributed by atoms with van der Waals surface area (Å²) < 4.78 is 0. The molecule has 1 aromatic carbocycles. The third-order valence-electron chi connectivity index (χ3n) is 4.39. The molecule has 18 heavy (non-hydrogen) atoms. The van der Waals surface area contributed by atoms with Crippen LogP contribution in [0.25, 0.3) is 0 Å². The first-order chi connectivity index (χ1) is 8.43. The normalized spacial score (nSPS) is 28.0. The highest BCUT2D eigenvalue weighted by molar-refractivity contribution is 5.38. The molecule has 0 spiro atoms. The van der Waals surface area contributed by atoms with Crippen molar-refractivity contribution in [2.45, 2.75) is 32.7 Å². The van der Waals surface area contributed by atoms with Gasteiger partial charge in [0.25, 0.3) is 0 Å². The molecule has 2 nitrogen and oxygen atoms in total. The molecule has 1 aliphatic heterocycles. The zero-order chi connectivity index (χ0) is 13.3. The van der Waals surface area contributed by atoms with Crippen LogP contribution in [-0.2, 0) is 12.0 Å². The maximum atomic E-state index is 3.54. The molecule has 0 aliphatic carbocycles. The number of nitrogens with zero attached hydrogens (tertiary/aromatic N) is 1. The van der Waals surface area contributed by atoms with Gasteiger partial charge in [-0.2, -0.15) is 0 Å². The fraction of sp³-hybridized carbons (Fsp3) is 0.625. The van der Waals surface area contributed by atoms with Gasteiger partial charge in [-0.1, -0.05) is 37.6 Å². The third kappa shape index (κ3) is 2.45. The van der Waals surface area contributed by atoms with Gasteiger partial charge in [0.1, 0.15) is 0 Å². The van der Waals surface area contributed by atoms with Crippen LogP contribution in [0.15, 0.2) is 18.2 Å². The van der Waals surface area contributed by atoms with Crippen molar-refractivity contribution >= 4 is 0 Å². The maximum absolute atomic E-state index is 3.54. The first kappa shape index (κ1) is 13.6. The Morgan fingerprint density at radius 1 is 1.39 bits per heavy atom. The van der Waals surface area contributed by atoms with Crippen molar-refractivity contribution in [2.75, 3.05) is 27.2 Å². The third-order valence-corrected chi connectivity index (χ3v) is 4.39. The molecule has 1 saturated heterocycles. The van der Waals surface area contributed by atoms with E-state index in [1.807, 2.05) is 0 Å². The van der Waals surface area contributed by atoms with Crippen LogP contribution in [0.4, 0.5) is 0 Å². The number of hydrogen-bond donors (Lipinski definition) is 1. The zero-order valence-electron chi connectivity index (χ0n) is 12.4. The Morgan fingerprint density at radius 3 is 2.67 bits per heavy atom. The molecule has 0 saturated carbocycles. The Morgan fingerprint density at radius 2 is 2.11 bits per heavy atom. The van der Waals surface area contributed by atoms with Crippen molar-refractivity contribution in [3.05, 3.63) is 34.9 Å². The Hall–Kier alpha value is -0.860. The van der Waals surface area contributed by atoms with E-state index in [4.69, 9.17) is 0 Å². The average molecular weight is 246 g/mol. The van der Waals surface area contributed by atoms with Crippen LogP contribution in [0.1, 0.15) is 30.5 Å². The zero-order valence-corrected chi connectivity index (χ0v) is 12.4. The van der Waals surface area contributed by atoms with E-state index < -0.39 is 0 Å². The topological polar surface area (TPSA) is 15.3 Å². The maximum Gasteiger partial charge on any atom is 0.0230 e. The number of nitrogens with one attached hydrogen (secondary N) is 1. The van der Waals surface area contributed by atoms with Gasteiger partial charge in [-0.15, -0.1) is 0 Å². The van der Waals surface area contributed by atoms with Crippen LogP contribution in [0.5, 0.6) is 0 Å². The smallest absolute Gasteiger partial charge is 0.0230 e. The minimum Gasteiger partial charge on any atom is -0.316 e. The van der Waals surface area contributed by atoms with E-state index in [1.54, 1.807) is 0 Å². The van der Waals surface area contributed by atoms with Crippen LogP contribution >= 0.6 is 0 Å². The molecule has 2 atom stereocenters. The molecule has 1 aliphatic rings. The molecule has 2 heteroatoms. The van der Waals surface area contributed by atoms with Gasteiger partial charge < -0.3 is 10.2 Å². The summed E-state index contributed by atoms with van der Waals surface area (Å²) >= 11 is 0. The van der Waals surface area contributed by atoms with Gasteiger partial charge in [-0.25, -0.2) is 0 Å². The fourth-order valence-electron chi connectivity index (χ4n) is 3.06. The largest absolute Gasteiger partial charge is 0.316 e. The summed E-state index contributed by atoms with van der Waals surface area (Å²) in [5.41, 5.74) is 4.65. The Balaban J connectivity index is 2.43. The lowest BCUT2D eigenvalue weighted by molar-refractivity contribution is 0.373. The van der Waals surface area contributed by atoms with E-state index in [1.165, 1.54) is 16.7 Å². The van der Waals surface area contributed by atoms with Crippen molar-refractivity contribution in [3.8, 4) is 0 Å². The van der Waals surface area contributed by atoms with Gasteiger partial charge in [0.15, 0.2) is 0 Å². The van der Waals surface area contributed by atoms with Crippen molar-refractivity contribution in [1.82, 2.24) is 10.2 Å². The molecule has 0 amide bonds. The second-order valence-electron chi connectivity index (χ2n) is 6.35. The molecule has 1 N–H and O–H groups in total. The lowest BCUT2D eigenvalue weighted by atomic mass is 9.73. The van der Waals surface area contributed by atoms with E-state index >= 15 is 0 Å². The summed E-state index contributed by atoms with van der Waals surface area (Å²) in [5, 5.41) is 3.54. The van der Waals surface area contributed by atoms with Crippen LogP contribution in [0, 0.1) is 12.8 Å². The summed E-state index contributed by atoms with van der Waals surface area (Å²) in [6.45, 7) is 10.2. The van der Waals surface area contributed by atoms with E-state index in [0.717, 1.165) is 19.6 Å². The summed E-state index contributed by atoms with van der Waals surface area (Å²) in [5.74, 6) is 0.695. The predicted molar refractivity (Wildman–Crippen MR) is 78.0 cm³/mol. The van der Waals surface area contributed by atoms with Crippen LogP contribution in [0.3, 0.4) is 0 Å². The molecule has 1 aromatic rings. The number of hydrogen-bond acceptors (Lipinski definition) is 2. The van der Waals surface area contributed by atoms with Crippen molar-refractivity contribution in [1.29, 1.82) is 0 Å². The highest BCUT2D eigenvalue weighted by atomic mass is 15.0. The van der Waals surface area contributed by atoms with Gasteiger partial charge in [0, 0.05) is 18.5 Å². The Labute approximate surface area is 111 Å². The molecule has 2 unspecified atom stereocenters. The molecule has 0 radical (unpaired) electrons. The van der Waals surface area contributed by atoms with Crippen molar-refractivity contribution in [3.63, 3.8) is 0 Å². The Bertz CT molecular complexity index is 425. The van der Waals surface area contributed by atoms with Gasteiger partial charge >= 0.3 is 0 Å². The predicted octanol–water partition coefficient (Wildman–Crippen LogP) is 2.55. The molecule has 100 valence electrons. The van der Waals surface area contributed by atoms with Gasteiger partial charge in [-0.3, -0.25) is 0 Å². The highest BCUT2D eigenvalue weighted by Crippen LogP contribution is 2.37. The van der Waals surface area contributed by atoms with E-state index in [0.29, 0.717) is 5.92 Å². The average Bonchev–Trinajstić information content (AvgIpc) is 2.59. The molecule has 0 aromatic heterocycles. The SMILES string of the molecule is Cc1ccc(C2(C)CNCC2C)c(CN(C)C)c1. The lowest BCUT2D eigenvalue weighted by Crippen LogP contribution is -2.32. The van der Waals surface area contributed by atoms with Gasteiger partial charge in [0.2, 0.25) is 0 Å². The van der Waals surface area contributed by atoms with Crippen molar-refractivity contribution < 1.29 is 0 Å². The molecule has 1 heterocycles. The first-order valence-electron chi connectivity index (χ1n) is 6.89. The van der Waals surface area contributed by atoms with Crippen molar-refractivity contribution in [2.24, 2.45) is 5.92 Å². The van der Waals surface area contributed by atoms with Crippen LogP contribution in [-0.4, -0.2) is 32.1 Å². The quantitative estimate of drug-likeness (QED) is 0.882. The van der Waals surface area contributed by atoms with E-state index in [2.05, 4.69) is 63.3 Å². The number of benzene rings is 1. The summed E-state index contributed by atoms with van der Waals surface area (Å²) in [6.07, 6.45) is 0. The highest BCUT2D eigenvalue weighted by Gasteiger charge is 2.38. The summed E-state index contributed by atoms with van der Waals surface area (Å²) in [7, 11) is 4.29. The number of rotatable bonds is 3. The first-order valence-corrected chi connectivity index (χ1v) is 6.89. The lowest BCUT2D eigenvalue weighted by Gasteiger charge is -2.32. The molecular formula is C16H26N2. The summed E-state index contributed by atoms with van der Waals surface area (Å²) in [6, 6.07) is 6.95. The van der Waals surface area contributed by atoms with Gasteiger partial charge in [0.05, 0.1) is 0 Å².